The van der Waals surface area contributed by atoms with Gasteiger partial charge in [-0.3, -0.25) is 4.90 Å². The quantitative estimate of drug-likeness (QED) is 0.804. The van der Waals surface area contributed by atoms with Gasteiger partial charge in [-0.15, -0.1) is 0 Å². The van der Waals surface area contributed by atoms with Gasteiger partial charge in [0.15, 0.2) is 0 Å². The predicted octanol–water partition coefficient (Wildman–Crippen LogP) is 3.84. The first-order valence-corrected chi connectivity index (χ1v) is 7.45. The molecule has 2 nitrogen and oxygen atoms in total. The van der Waals surface area contributed by atoms with Gasteiger partial charge in [0, 0.05) is 19.6 Å². The number of morpholine rings is 1. The molecule has 0 aliphatic carbocycles. The van der Waals surface area contributed by atoms with Gasteiger partial charge in [-0.25, -0.2) is 0 Å². The monoisotopic (exact) mass is 263 g/mol. The molecule has 108 valence electrons. The van der Waals surface area contributed by atoms with Crippen molar-refractivity contribution in [1.82, 2.24) is 4.90 Å². The van der Waals surface area contributed by atoms with E-state index in [2.05, 4.69) is 49.9 Å². The van der Waals surface area contributed by atoms with Crippen molar-refractivity contribution in [3.63, 3.8) is 0 Å². The van der Waals surface area contributed by atoms with Gasteiger partial charge < -0.3 is 4.74 Å². The van der Waals surface area contributed by atoms with Crippen LogP contribution in [-0.2, 0) is 16.7 Å². The van der Waals surface area contributed by atoms with Crippen LogP contribution >= 0.6 is 0 Å². The van der Waals surface area contributed by atoms with E-state index < -0.39 is 0 Å². The van der Waals surface area contributed by atoms with Crippen LogP contribution in [0.3, 0.4) is 0 Å². The lowest BCUT2D eigenvalue weighted by atomic mass is 9.86. The summed E-state index contributed by atoms with van der Waals surface area (Å²) in [5.74, 6) is 0. The zero-order valence-electron chi connectivity index (χ0n) is 13.2. The molecule has 1 saturated heterocycles. The summed E-state index contributed by atoms with van der Waals surface area (Å²) in [6.45, 7) is 15.7. The van der Waals surface area contributed by atoms with Gasteiger partial charge in [-0.05, 0) is 16.5 Å². The standard InChI is InChI=1S/C15H23NO.C2H6/c1-15(2,3)14-6-4-5-13(11-14)12-16-7-9-17-10-8-16;1-2/h4-6,11H,7-10,12H2,1-3H3;1-2H3. The van der Waals surface area contributed by atoms with Crippen molar-refractivity contribution in [3.8, 4) is 0 Å². The summed E-state index contributed by atoms with van der Waals surface area (Å²) in [6.07, 6.45) is 0. The van der Waals surface area contributed by atoms with Gasteiger partial charge in [-0.2, -0.15) is 0 Å². The Labute approximate surface area is 118 Å². The highest BCUT2D eigenvalue weighted by Gasteiger charge is 2.15. The molecule has 0 bridgehead atoms. The Morgan fingerprint density at radius 3 is 2.32 bits per heavy atom. The minimum Gasteiger partial charge on any atom is -0.379 e. The summed E-state index contributed by atoms with van der Waals surface area (Å²) in [6, 6.07) is 8.97. The van der Waals surface area contributed by atoms with Crippen LogP contribution < -0.4 is 0 Å². The van der Waals surface area contributed by atoms with Gasteiger partial charge in [0.1, 0.15) is 0 Å². The van der Waals surface area contributed by atoms with E-state index in [1.54, 1.807) is 0 Å². The zero-order valence-corrected chi connectivity index (χ0v) is 13.2. The number of hydrogen-bond acceptors (Lipinski definition) is 2. The number of hydrogen-bond donors (Lipinski definition) is 0. The molecule has 1 aliphatic rings. The van der Waals surface area contributed by atoms with E-state index in [-0.39, 0.29) is 5.41 Å². The van der Waals surface area contributed by atoms with Gasteiger partial charge >= 0.3 is 0 Å². The predicted molar refractivity (Wildman–Crippen MR) is 82.6 cm³/mol. The first-order valence-electron chi connectivity index (χ1n) is 7.45. The topological polar surface area (TPSA) is 12.5 Å². The Kier molecular flexibility index (Phi) is 6.53. The molecular weight excluding hydrogens is 234 g/mol. The van der Waals surface area contributed by atoms with E-state index >= 15 is 0 Å². The smallest absolute Gasteiger partial charge is 0.0594 e. The minimum atomic E-state index is 0.237. The van der Waals surface area contributed by atoms with E-state index in [0.29, 0.717) is 0 Å². The highest BCUT2D eigenvalue weighted by molar-refractivity contribution is 5.28. The molecule has 2 heteroatoms. The lowest BCUT2D eigenvalue weighted by Gasteiger charge is -2.27. The van der Waals surface area contributed by atoms with E-state index in [1.165, 1.54) is 11.1 Å². The first-order chi connectivity index (χ1) is 9.05. The molecule has 1 heterocycles. The Morgan fingerprint density at radius 1 is 1.11 bits per heavy atom. The normalized spacial score (nSPS) is 16.7. The number of rotatable bonds is 2. The fourth-order valence-corrected chi connectivity index (χ4v) is 2.15. The van der Waals surface area contributed by atoms with Crippen molar-refractivity contribution in [2.24, 2.45) is 0 Å². The van der Waals surface area contributed by atoms with Crippen molar-refractivity contribution in [3.05, 3.63) is 35.4 Å². The molecule has 0 unspecified atom stereocenters. The summed E-state index contributed by atoms with van der Waals surface area (Å²) in [5.41, 5.74) is 3.07. The van der Waals surface area contributed by atoms with Gasteiger partial charge in [0.05, 0.1) is 13.2 Å². The molecular formula is C17H29NO. The number of nitrogens with zero attached hydrogens (tertiary/aromatic N) is 1. The highest BCUT2D eigenvalue weighted by Crippen LogP contribution is 2.23. The SMILES string of the molecule is CC.CC(C)(C)c1cccc(CN2CCOCC2)c1. The molecule has 0 N–H and O–H groups in total. The zero-order chi connectivity index (χ0) is 14.3. The molecule has 1 aromatic carbocycles. The van der Waals surface area contributed by atoms with Crippen molar-refractivity contribution in [2.75, 3.05) is 26.3 Å². The molecule has 19 heavy (non-hydrogen) atoms. The van der Waals surface area contributed by atoms with Crippen LogP contribution in [-0.4, -0.2) is 31.2 Å². The maximum atomic E-state index is 5.37. The molecule has 0 spiro atoms. The van der Waals surface area contributed by atoms with Gasteiger partial charge in [-0.1, -0.05) is 58.9 Å². The molecule has 0 aromatic heterocycles. The summed E-state index contributed by atoms with van der Waals surface area (Å²) in [7, 11) is 0. The van der Waals surface area contributed by atoms with Crippen LogP contribution in [0.5, 0.6) is 0 Å². The average molecular weight is 263 g/mol. The highest BCUT2D eigenvalue weighted by atomic mass is 16.5. The average Bonchev–Trinajstić information content (AvgIpc) is 2.41. The molecule has 0 amide bonds. The van der Waals surface area contributed by atoms with Crippen molar-refractivity contribution in [1.29, 1.82) is 0 Å². The van der Waals surface area contributed by atoms with E-state index in [4.69, 9.17) is 4.74 Å². The molecule has 1 aromatic rings. The summed E-state index contributed by atoms with van der Waals surface area (Å²) in [4.78, 5) is 2.46. The third-order valence-electron chi connectivity index (χ3n) is 3.30. The summed E-state index contributed by atoms with van der Waals surface area (Å²) in [5, 5.41) is 0. The molecule has 1 aliphatic heterocycles. The lowest BCUT2D eigenvalue weighted by molar-refractivity contribution is 0.0342. The van der Waals surface area contributed by atoms with E-state index in [0.717, 1.165) is 32.8 Å². The molecule has 0 atom stereocenters. The van der Waals surface area contributed by atoms with Crippen LogP contribution in [0.25, 0.3) is 0 Å². The Bertz CT molecular complexity index is 362. The second-order valence-corrected chi connectivity index (χ2v) is 5.84. The van der Waals surface area contributed by atoms with Crippen LogP contribution in [0.4, 0.5) is 0 Å². The van der Waals surface area contributed by atoms with Crippen LogP contribution in [0.1, 0.15) is 45.7 Å². The summed E-state index contributed by atoms with van der Waals surface area (Å²) < 4.78 is 5.37. The van der Waals surface area contributed by atoms with E-state index in [1.807, 2.05) is 13.8 Å². The van der Waals surface area contributed by atoms with Gasteiger partial charge in [0.2, 0.25) is 0 Å². The first kappa shape index (κ1) is 16.2. The minimum absolute atomic E-state index is 0.237. The Hall–Kier alpha value is -0.860. The maximum Gasteiger partial charge on any atom is 0.0594 e. The molecule has 0 radical (unpaired) electrons. The fourth-order valence-electron chi connectivity index (χ4n) is 2.15. The summed E-state index contributed by atoms with van der Waals surface area (Å²) >= 11 is 0. The molecule has 0 saturated carbocycles. The third-order valence-corrected chi connectivity index (χ3v) is 3.30. The lowest BCUT2D eigenvalue weighted by Crippen LogP contribution is -2.35. The van der Waals surface area contributed by atoms with Crippen molar-refractivity contribution < 1.29 is 4.74 Å². The van der Waals surface area contributed by atoms with Crippen LogP contribution in [0.15, 0.2) is 24.3 Å². The van der Waals surface area contributed by atoms with Gasteiger partial charge in [0.25, 0.3) is 0 Å². The molecule has 2 rings (SSSR count). The second kappa shape index (κ2) is 7.66. The van der Waals surface area contributed by atoms with Crippen molar-refractivity contribution in [2.45, 2.75) is 46.6 Å². The van der Waals surface area contributed by atoms with Crippen molar-refractivity contribution >= 4 is 0 Å². The molecule has 1 fully saturated rings. The Balaban J connectivity index is 0.000000861. The largest absolute Gasteiger partial charge is 0.379 e. The number of ether oxygens (including phenoxy) is 1. The third kappa shape index (κ3) is 5.33. The fraction of sp³-hybridized carbons (Fsp3) is 0.647. The van der Waals surface area contributed by atoms with Crippen LogP contribution in [0, 0.1) is 0 Å². The van der Waals surface area contributed by atoms with E-state index in [9.17, 15) is 0 Å². The Morgan fingerprint density at radius 2 is 1.74 bits per heavy atom. The maximum absolute atomic E-state index is 5.37. The number of benzene rings is 1. The van der Waals surface area contributed by atoms with Crippen LogP contribution in [0.2, 0.25) is 0 Å². The second-order valence-electron chi connectivity index (χ2n) is 5.84.